The zero-order valence-electron chi connectivity index (χ0n) is 12.0. The fourth-order valence-electron chi connectivity index (χ4n) is 2.79. The number of hydrogen-bond donors (Lipinski definition) is 1. The van der Waals surface area contributed by atoms with Gasteiger partial charge in [0, 0.05) is 6.04 Å². The molecule has 1 heteroatoms. The van der Waals surface area contributed by atoms with Crippen molar-refractivity contribution in [3.63, 3.8) is 0 Å². The van der Waals surface area contributed by atoms with E-state index in [9.17, 15) is 0 Å². The molecule has 0 amide bonds. The van der Waals surface area contributed by atoms with Crippen molar-refractivity contribution >= 4 is 0 Å². The molecular formula is C17H27N. The van der Waals surface area contributed by atoms with Gasteiger partial charge in [0.05, 0.1) is 0 Å². The van der Waals surface area contributed by atoms with Crippen LogP contribution < -0.4 is 5.32 Å². The summed E-state index contributed by atoms with van der Waals surface area (Å²) in [7, 11) is 0. The number of nitrogens with one attached hydrogen (secondary N) is 1. The molecule has 18 heavy (non-hydrogen) atoms. The lowest BCUT2D eigenvalue weighted by molar-refractivity contribution is 0.557. The predicted octanol–water partition coefficient (Wildman–Crippen LogP) is 3.89. The van der Waals surface area contributed by atoms with Crippen LogP contribution in [0.1, 0.15) is 56.2 Å². The smallest absolute Gasteiger partial charge is 0.00103 e. The maximum absolute atomic E-state index is 3.48. The third kappa shape index (κ3) is 4.13. The Bertz CT molecular complexity index is 368. The Morgan fingerprint density at radius 2 is 1.83 bits per heavy atom. The molecule has 0 saturated carbocycles. The van der Waals surface area contributed by atoms with Crippen LogP contribution in [0.5, 0.6) is 0 Å². The first-order valence-corrected chi connectivity index (χ1v) is 7.60. The van der Waals surface area contributed by atoms with Crippen LogP contribution in [-0.2, 0) is 19.3 Å². The summed E-state index contributed by atoms with van der Waals surface area (Å²) in [5.74, 6) is 0. The van der Waals surface area contributed by atoms with Gasteiger partial charge in [0.25, 0.3) is 0 Å². The van der Waals surface area contributed by atoms with Crippen molar-refractivity contribution in [2.45, 2.75) is 64.8 Å². The highest BCUT2D eigenvalue weighted by Crippen LogP contribution is 2.22. The molecule has 0 unspecified atom stereocenters. The Balaban J connectivity index is 1.76. The summed E-state index contributed by atoms with van der Waals surface area (Å²) in [4.78, 5) is 0. The summed E-state index contributed by atoms with van der Waals surface area (Å²) in [6.45, 7) is 5.58. The highest BCUT2D eigenvalue weighted by molar-refractivity contribution is 5.33. The molecule has 0 radical (unpaired) electrons. The molecule has 0 fully saturated rings. The van der Waals surface area contributed by atoms with Crippen LogP contribution in [-0.4, -0.2) is 12.6 Å². The van der Waals surface area contributed by atoms with E-state index in [-0.39, 0.29) is 0 Å². The van der Waals surface area contributed by atoms with E-state index >= 15 is 0 Å². The van der Waals surface area contributed by atoms with E-state index in [1.54, 1.807) is 16.7 Å². The number of benzene rings is 1. The predicted molar refractivity (Wildman–Crippen MR) is 79.2 cm³/mol. The van der Waals surface area contributed by atoms with Gasteiger partial charge in [-0.25, -0.2) is 0 Å². The maximum Gasteiger partial charge on any atom is 0.00103 e. The lowest BCUT2D eigenvalue weighted by atomic mass is 9.89. The molecule has 0 bridgehead atoms. The van der Waals surface area contributed by atoms with Crippen molar-refractivity contribution in [1.82, 2.24) is 5.32 Å². The van der Waals surface area contributed by atoms with Crippen LogP contribution in [0, 0.1) is 0 Å². The van der Waals surface area contributed by atoms with E-state index in [0.717, 1.165) is 6.54 Å². The minimum absolute atomic E-state index is 0.619. The third-order valence-corrected chi connectivity index (χ3v) is 3.86. The molecule has 1 N–H and O–H groups in total. The number of aryl methyl sites for hydroxylation is 3. The molecule has 0 atom stereocenters. The molecule has 1 aromatic carbocycles. The van der Waals surface area contributed by atoms with Crippen molar-refractivity contribution in [1.29, 1.82) is 0 Å². The Morgan fingerprint density at radius 3 is 2.61 bits per heavy atom. The Labute approximate surface area is 112 Å². The van der Waals surface area contributed by atoms with Crippen molar-refractivity contribution < 1.29 is 0 Å². The molecule has 1 nitrogen and oxygen atoms in total. The molecule has 2 rings (SSSR count). The van der Waals surface area contributed by atoms with E-state index in [4.69, 9.17) is 0 Å². The molecule has 1 aromatic rings. The van der Waals surface area contributed by atoms with Gasteiger partial charge in [0.1, 0.15) is 0 Å². The summed E-state index contributed by atoms with van der Waals surface area (Å²) in [5, 5.41) is 3.48. The van der Waals surface area contributed by atoms with Crippen LogP contribution in [0.2, 0.25) is 0 Å². The van der Waals surface area contributed by atoms with Gasteiger partial charge < -0.3 is 5.32 Å². The first-order valence-electron chi connectivity index (χ1n) is 7.60. The average Bonchev–Trinajstić information content (AvgIpc) is 2.38. The standard InChI is InChI=1S/C17H27N/c1-14(2)18-12-6-5-7-15-10-11-16-8-3-4-9-17(16)13-15/h10-11,13-14,18H,3-9,12H2,1-2H3. The van der Waals surface area contributed by atoms with Crippen molar-refractivity contribution in [3.05, 3.63) is 34.9 Å². The minimum atomic E-state index is 0.619. The van der Waals surface area contributed by atoms with E-state index in [1.165, 1.54) is 44.9 Å². The van der Waals surface area contributed by atoms with Gasteiger partial charge in [-0.05, 0) is 68.2 Å². The first kappa shape index (κ1) is 13.6. The van der Waals surface area contributed by atoms with Crippen LogP contribution in [0.4, 0.5) is 0 Å². The molecule has 0 saturated heterocycles. The monoisotopic (exact) mass is 245 g/mol. The van der Waals surface area contributed by atoms with E-state index in [0.29, 0.717) is 6.04 Å². The lowest BCUT2D eigenvalue weighted by Gasteiger charge is -2.16. The van der Waals surface area contributed by atoms with Gasteiger partial charge in [-0.3, -0.25) is 0 Å². The van der Waals surface area contributed by atoms with Gasteiger partial charge in [-0.1, -0.05) is 32.0 Å². The molecule has 0 aliphatic heterocycles. The number of fused-ring (bicyclic) bond motifs is 1. The molecule has 0 aromatic heterocycles. The van der Waals surface area contributed by atoms with Crippen molar-refractivity contribution in [3.8, 4) is 0 Å². The van der Waals surface area contributed by atoms with E-state index in [2.05, 4.69) is 37.4 Å². The number of unbranched alkanes of at least 4 members (excludes halogenated alkanes) is 1. The summed E-state index contributed by atoms with van der Waals surface area (Å²) >= 11 is 0. The SMILES string of the molecule is CC(C)NCCCCc1ccc2c(c1)CCCC2. The molecule has 1 aliphatic rings. The third-order valence-electron chi connectivity index (χ3n) is 3.86. The van der Waals surface area contributed by atoms with Gasteiger partial charge >= 0.3 is 0 Å². The maximum atomic E-state index is 3.48. The molecule has 0 spiro atoms. The Kier molecular flexibility index (Phi) is 5.25. The second-order valence-corrected chi connectivity index (χ2v) is 5.88. The van der Waals surface area contributed by atoms with Crippen LogP contribution in [0.25, 0.3) is 0 Å². The van der Waals surface area contributed by atoms with Gasteiger partial charge in [-0.2, -0.15) is 0 Å². The van der Waals surface area contributed by atoms with Crippen molar-refractivity contribution in [2.24, 2.45) is 0 Å². The van der Waals surface area contributed by atoms with E-state index in [1.807, 2.05) is 0 Å². The second-order valence-electron chi connectivity index (χ2n) is 5.88. The van der Waals surface area contributed by atoms with Gasteiger partial charge in [0.15, 0.2) is 0 Å². The number of hydrogen-bond acceptors (Lipinski definition) is 1. The second kappa shape index (κ2) is 6.94. The zero-order chi connectivity index (χ0) is 12.8. The fourth-order valence-corrected chi connectivity index (χ4v) is 2.79. The van der Waals surface area contributed by atoms with Crippen LogP contribution in [0.3, 0.4) is 0 Å². The number of rotatable bonds is 6. The highest BCUT2D eigenvalue weighted by Gasteiger charge is 2.09. The highest BCUT2D eigenvalue weighted by atomic mass is 14.9. The van der Waals surface area contributed by atoms with Crippen LogP contribution >= 0.6 is 0 Å². The summed E-state index contributed by atoms with van der Waals surface area (Å²) in [6, 6.07) is 7.80. The zero-order valence-corrected chi connectivity index (χ0v) is 12.0. The summed E-state index contributed by atoms with van der Waals surface area (Å²) in [5.41, 5.74) is 4.77. The molecule has 100 valence electrons. The quantitative estimate of drug-likeness (QED) is 0.750. The Morgan fingerprint density at radius 1 is 1.06 bits per heavy atom. The normalized spacial score (nSPS) is 14.8. The lowest BCUT2D eigenvalue weighted by Crippen LogP contribution is -2.23. The molecular weight excluding hydrogens is 218 g/mol. The average molecular weight is 245 g/mol. The fraction of sp³-hybridized carbons (Fsp3) is 0.647. The van der Waals surface area contributed by atoms with Crippen LogP contribution in [0.15, 0.2) is 18.2 Å². The van der Waals surface area contributed by atoms with Gasteiger partial charge in [0.2, 0.25) is 0 Å². The van der Waals surface area contributed by atoms with Crippen molar-refractivity contribution in [2.75, 3.05) is 6.54 Å². The van der Waals surface area contributed by atoms with Gasteiger partial charge in [-0.15, -0.1) is 0 Å². The Hall–Kier alpha value is -0.820. The van der Waals surface area contributed by atoms with E-state index < -0.39 is 0 Å². The summed E-state index contributed by atoms with van der Waals surface area (Å²) < 4.78 is 0. The largest absolute Gasteiger partial charge is 0.315 e. The molecule has 0 heterocycles. The minimum Gasteiger partial charge on any atom is -0.315 e. The topological polar surface area (TPSA) is 12.0 Å². The summed E-state index contributed by atoms with van der Waals surface area (Å²) in [6.07, 6.45) is 9.20. The first-order chi connectivity index (χ1) is 8.75. The molecule has 1 aliphatic carbocycles.